The molecule has 0 amide bonds. The van der Waals surface area contributed by atoms with Crippen LogP contribution in [-0.4, -0.2) is 45.5 Å². The van der Waals surface area contributed by atoms with Crippen LogP contribution in [0.15, 0.2) is 34.3 Å². The summed E-state index contributed by atoms with van der Waals surface area (Å²) in [6, 6.07) is 7.18. The normalized spacial score (nSPS) is 16.8. The molecule has 0 aliphatic carbocycles. The van der Waals surface area contributed by atoms with Crippen molar-refractivity contribution in [3.05, 3.63) is 40.3 Å². The zero-order valence-electron chi connectivity index (χ0n) is 14.9. The van der Waals surface area contributed by atoms with Crippen molar-refractivity contribution in [3.63, 3.8) is 0 Å². The predicted octanol–water partition coefficient (Wildman–Crippen LogP) is 2.94. The summed E-state index contributed by atoms with van der Waals surface area (Å²) in [6.45, 7) is 6.98. The first-order chi connectivity index (χ1) is 11.9. The van der Waals surface area contributed by atoms with E-state index in [9.17, 15) is 8.42 Å². The maximum absolute atomic E-state index is 12.4. The maximum Gasteiger partial charge on any atom is 0.240 e. The third-order valence-electron chi connectivity index (χ3n) is 4.37. The van der Waals surface area contributed by atoms with Gasteiger partial charge in [0.15, 0.2) is 0 Å². The fourth-order valence-corrected chi connectivity index (χ4v) is 4.05. The molecule has 1 aliphatic heterocycles. The van der Waals surface area contributed by atoms with Gasteiger partial charge in [-0.3, -0.25) is 0 Å². The van der Waals surface area contributed by atoms with Gasteiger partial charge in [-0.15, -0.1) is 0 Å². The Labute approximate surface area is 150 Å². The Balaban J connectivity index is 1.80. The molecule has 1 aromatic carbocycles. The van der Waals surface area contributed by atoms with Crippen LogP contribution in [0.5, 0.6) is 0 Å². The summed E-state index contributed by atoms with van der Waals surface area (Å²) in [4.78, 5) is 5.35. The molecule has 0 radical (unpaired) electrons. The Kier molecular flexibility index (Phi) is 7.25. The second-order valence-electron chi connectivity index (χ2n) is 6.92. The monoisotopic (exact) mass is 365 g/mol. The first kappa shape index (κ1) is 19.7. The number of piperidine rings is 1. The quantitative estimate of drug-likeness (QED) is 0.435. The summed E-state index contributed by atoms with van der Waals surface area (Å²) < 4.78 is 27.4. The molecule has 0 bridgehead atoms. The molecule has 0 aromatic heterocycles. The molecule has 138 valence electrons. The Morgan fingerprint density at radius 1 is 1.28 bits per heavy atom. The van der Waals surface area contributed by atoms with E-state index >= 15 is 0 Å². The topological polar surface area (TPSA) is 98.2 Å². The molecular formula is C17H27N5O2S. The van der Waals surface area contributed by atoms with Crippen molar-refractivity contribution >= 4 is 10.0 Å². The Morgan fingerprint density at radius 3 is 2.48 bits per heavy atom. The number of rotatable bonds is 8. The van der Waals surface area contributed by atoms with Crippen LogP contribution >= 0.6 is 0 Å². The first-order valence-electron chi connectivity index (χ1n) is 8.76. The fraction of sp³-hybridized carbons (Fsp3) is 0.647. The third kappa shape index (κ3) is 6.32. The minimum Gasteiger partial charge on any atom is -0.302 e. The zero-order chi connectivity index (χ0) is 18.3. The number of sulfonamides is 1. The molecule has 2 rings (SSSR count). The van der Waals surface area contributed by atoms with Crippen molar-refractivity contribution in [3.8, 4) is 0 Å². The van der Waals surface area contributed by atoms with Gasteiger partial charge in [-0.05, 0) is 61.5 Å². The van der Waals surface area contributed by atoms with Gasteiger partial charge in [0.1, 0.15) is 0 Å². The van der Waals surface area contributed by atoms with Gasteiger partial charge in [-0.2, -0.15) is 0 Å². The van der Waals surface area contributed by atoms with E-state index in [2.05, 4.69) is 33.5 Å². The molecule has 25 heavy (non-hydrogen) atoms. The van der Waals surface area contributed by atoms with Crippen LogP contribution in [0.2, 0.25) is 0 Å². The average molecular weight is 366 g/mol. The Morgan fingerprint density at radius 2 is 1.92 bits per heavy atom. The minimum atomic E-state index is -3.47. The lowest BCUT2D eigenvalue weighted by Gasteiger charge is -2.29. The van der Waals surface area contributed by atoms with Crippen molar-refractivity contribution in [2.75, 3.05) is 26.2 Å². The van der Waals surface area contributed by atoms with Gasteiger partial charge in [-0.1, -0.05) is 31.1 Å². The highest BCUT2D eigenvalue weighted by Gasteiger charge is 2.19. The van der Waals surface area contributed by atoms with E-state index in [1.165, 1.54) is 0 Å². The van der Waals surface area contributed by atoms with Crippen molar-refractivity contribution in [1.29, 1.82) is 0 Å². The van der Waals surface area contributed by atoms with Crippen LogP contribution in [0.3, 0.4) is 0 Å². The molecule has 1 fully saturated rings. The van der Waals surface area contributed by atoms with Crippen molar-refractivity contribution in [2.24, 2.45) is 11.0 Å². The van der Waals surface area contributed by atoms with Crippen LogP contribution in [0.25, 0.3) is 10.4 Å². The van der Waals surface area contributed by atoms with Crippen LogP contribution in [0.1, 0.15) is 32.3 Å². The molecule has 7 nitrogen and oxygen atoms in total. The van der Waals surface area contributed by atoms with Gasteiger partial charge in [0.2, 0.25) is 10.0 Å². The lowest BCUT2D eigenvalue weighted by atomic mass is 10.0. The van der Waals surface area contributed by atoms with Crippen molar-refractivity contribution in [1.82, 2.24) is 9.62 Å². The number of azide groups is 1. The van der Waals surface area contributed by atoms with E-state index in [1.807, 2.05) is 12.1 Å². The van der Waals surface area contributed by atoms with Gasteiger partial charge in [0.05, 0.1) is 4.90 Å². The number of benzene rings is 1. The van der Waals surface area contributed by atoms with Crippen LogP contribution in [0, 0.1) is 5.92 Å². The van der Waals surface area contributed by atoms with Gasteiger partial charge in [0.25, 0.3) is 0 Å². The molecule has 1 saturated heterocycles. The molecule has 1 aliphatic rings. The highest BCUT2D eigenvalue weighted by atomic mass is 32.2. The van der Waals surface area contributed by atoms with Gasteiger partial charge in [-0.25, -0.2) is 13.1 Å². The van der Waals surface area contributed by atoms with E-state index in [1.54, 1.807) is 12.1 Å². The molecule has 1 N–H and O–H groups in total. The standard InChI is InChI=1S/C17H27N5O2S/c1-14(2)13-15-3-5-17(6-4-15)25(23,24)19-9-12-22-10-7-16(8-11-22)20-21-18/h3-6,14,16,19H,7-13H2,1-2H3. The zero-order valence-corrected chi connectivity index (χ0v) is 15.7. The van der Waals surface area contributed by atoms with Gasteiger partial charge >= 0.3 is 0 Å². The highest BCUT2D eigenvalue weighted by molar-refractivity contribution is 7.89. The summed E-state index contributed by atoms with van der Waals surface area (Å²) in [5, 5.41) is 3.74. The molecule has 8 heteroatoms. The predicted molar refractivity (Wildman–Crippen MR) is 98.8 cm³/mol. The Bertz CT molecular complexity index is 688. The van der Waals surface area contributed by atoms with E-state index < -0.39 is 10.0 Å². The maximum atomic E-state index is 12.4. The van der Waals surface area contributed by atoms with Crippen LogP contribution in [-0.2, 0) is 16.4 Å². The SMILES string of the molecule is CC(C)Cc1ccc(S(=O)(=O)NCCN2CCC(N=[N+]=[N-])CC2)cc1. The Hall–Kier alpha value is -1.60. The van der Waals surface area contributed by atoms with Crippen molar-refractivity contribution in [2.45, 2.75) is 44.0 Å². The lowest BCUT2D eigenvalue weighted by molar-refractivity contribution is 0.217. The van der Waals surface area contributed by atoms with E-state index in [0.717, 1.165) is 37.9 Å². The summed E-state index contributed by atoms with van der Waals surface area (Å²) in [6.07, 6.45) is 2.60. The second-order valence-corrected chi connectivity index (χ2v) is 8.68. The molecule has 0 atom stereocenters. The summed E-state index contributed by atoms with van der Waals surface area (Å²) in [5.74, 6) is 0.545. The minimum absolute atomic E-state index is 0.0716. The van der Waals surface area contributed by atoms with Crippen LogP contribution < -0.4 is 4.72 Å². The van der Waals surface area contributed by atoms with E-state index in [0.29, 0.717) is 23.9 Å². The number of hydrogen-bond donors (Lipinski definition) is 1. The third-order valence-corrected chi connectivity index (χ3v) is 5.85. The number of nitrogens with one attached hydrogen (secondary N) is 1. The van der Waals surface area contributed by atoms with Gasteiger partial charge < -0.3 is 4.90 Å². The van der Waals surface area contributed by atoms with E-state index in [4.69, 9.17) is 5.53 Å². The molecule has 1 heterocycles. The summed E-state index contributed by atoms with van der Waals surface area (Å²) in [7, 11) is -3.47. The van der Waals surface area contributed by atoms with Crippen molar-refractivity contribution < 1.29 is 8.42 Å². The molecule has 0 spiro atoms. The van der Waals surface area contributed by atoms with Gasteiger partial charge in [0, 0.05) is 24.0 Å². The highest BCUT2D eigenvalue weighted by Crippen LogP contribution is 2.15. The molecule has 0 unspecified atom stereocenters. The number of likely N-dealkylation sites (tertiary alicyclic amines) is 1. The smallest absolute Gasteiger partial charge is 0.240 e. The molecule has 0 saturated carbocycles. The summed E-state index contributed by atoms with van der Waals surface area (Å²) >= 11 is 0. The first-order valence-corrected chi connectivity index (χ1v) is 10.2. The number of nitrogens with zero attached hydrogens (tertiary/aromatic N) is 4. The largest absolute Gasteiger partial charge is 0.302 e. The molecule has 1 aromatic rings. The van der Waals surface area contributed by atoms with E-state index in [-0.39, 0.29) is 6.04 Å². The van der Waals surface area contributed by atoms with Crippen LogP contribution in [0.4, 0.5) is 0 Å². The summed E-state index contributed by atoms with van der Waals surface area (Å²) in [5.41, 5.74) is 9.60. The number of hydrogen-bond acceptors (Lipinski definition) is 4. The lowest BCUT2D eigenvalue weighted by Crippen LogP contribution is -2.40. The second kappa shape index (κ2) is 9.20. The average Bonchev–Trinajstić information content (AvgIpc) is 2.56. The fourth-order valence-electron chi connectivity index (χ4n) is 3.03. The molecular weight excluding hydrogens is 338 g/mol.